The average Bonchev–Trinajstić information content (AvgIpc) is 2.92. The van der Waals surface area contributed by atoms with Gasteiger partial charge in [0, 0.05) is 23.6 Å². The Balaban J connectivity index is 0.00000192. The number of fused-ring (bicyclic) bond motifs is 1. The molecular weight excluding hydrogens is 310 g/mol. The van der Waals surface area contributed by atoms with Crippen molar-refractivity contribution in [1.82, 2.24) is 10.3 Å². The van der Waals surface area contributed by atoms with Crippen molar-refractivity contribution in [3.05, 3.63) is 35.5 Å². The summed E-state index contributed by atoms with van der Waals surface area (Å²) in [6, 6.07) is 6.26. The Morgan fingerprint density at radius 3 is 2.78 bits per heavy atom. The number of halogens is 1. The van der Waals surface area contributed by atoms with Gasteiger partial charge < -0.3 is 16.0 Å². The predicted molar refractivity (Wildman–Crippen MR) is 97.0 cm³/mol. The molecule has 2 aromatic rings. The van der Waals surface area contributed by atoms with Crippen LogP contribution in [-0.4, -0.2) is 23.0 Å². The highest BCUT2D eigenvalue weighted by atomic mass is 35.5. The number of hydrogen-bond acceptors (Lipinski definition) is 2. The number of H-pyrrole nitrogens is 1. The smallest absolute Gasteiger partial charge is 0.240 e. The quantitative estimate of drug-likeness (QED) is 0.802. The van der Waals surface area contributed by atoms with Gasteiger partial charge in [0.15, 0.2) is 0 Å². The van der Waals surface area contributed by atoms with Crippen LogP contribution in [0.2, 0.25) is 0 Å². The zero-order chi connectivity index (χ0) is 15.6. The molecule has 0 spiro atoms. The highest BCUT2D eigenvalue weighted by Gasteiger charge is 2.34. The maximum absolute atomic E-state index is 12.3. The Morgan fingerprint density at radius 2 is 2.04 bits per heavy atom. The van der Waals surface area contributed by atoms with Crippen LogP contribution < -0.4 is 11.1 Å². The van der Waals surface area contributed by atoms with Crippen molar-refractivity contribution in [2.45, 2.75) is 51.0 Å². The summed E-state index contributed by atoms with van der Waals surface area (Å²) in [7, 11) is 0. The van der Waals surface area contributed by atoms with E-state index in [-0.39, 0.29) is 18.3 Å². The van der Waals surface area contributed by atoms with E-state index in [1.165, 1.54) is 22.9 Å². The number of hydrogen-bond donors (Lipinski definition) is 3. The third-order valence-electron chi connectivity index (χ3n) is 4.87. The summed E-state index contributed by atoms with van der Waals surface area (Å²) in [4.78, 5) is 15.6. The molecule has 0 atom stereocenters. The number of amides is 1. The average molecular weight is 336 g/mol. The van der Waals surface area contributed by atoms with E-state index in [0.717, 1.165) is 37.6 Å². The number of aromatic nitrogens is 1. The van der Waals surface area contributed by atoms with Crippen LogP contribution in [0.1, 0.15) is 43.2 Å². The molecule has 0 aliphatic heterocycles. The van der Waals surface area contributed by atoms with Crippen molar-refractivity contribution in [3.63, 3.8) is 0 Å². The Kier molecular flexibility index (Phi) is 5.71. The lowest BCUT2D eigenvalue weighted by atomic mass is 9.82. The summed E-state index contributed by atoms with van der Waals surface area (Å²) < 4.78 is 0. The molecule has 5 heteroatoms. The monoisotopic (exact) mass is 335 g/mol. The normalized spacial score (nSPS) is 16.8. The van der Waals surface area contributed by atoms with Crippen LogP contribution in [-0.2, 0) is 11.2 Å². The van der Waals surface area contributed by atoms with Crippen molar-refractivity contribution in [2.24, 2.45) is 5.73 Å². The first kappa shape index (κ1) is 17.8. The molecule has 23 heavy (non-hydrogen) atoms. The van der Waals surface area contributed by atoms with Crippen LogP contribution in [0.5, 0.6) is 0 Å². The molecule has 0 bridgehead atoms. The Morgan fingerprint density at radius 1 is 1.30 bits per heavy atom. The molecule has 1 aliphatic rings. The summed E-state index contributed by atoms with van der Waals surface area (Å²) in [6.45, 7) is 2.76. The second kappa shape index (κ2) is 7.37. The maximum atomic E-state index is 12.3. The van der Waals surface area contributed by atoms with Crippen LogP contribution in [0.4, 0.5) is 0 Å². The van der Waals surface area contributed by atoms with Gasteiger partial charge in [-0.3, -0.25) is 4.79 Å². The minimum atomic E-state index is -0.644. The summed E-state index contributed by atoms with van der Waals surface area (Å²) >= 11 is 0. The molecule has 1 fully saturated rings. The lowest BCUT2D eigenvalue weighted by Gasteiger charge is -2.31. The molecule has 1 aliphatic carbocycles. The molecule has 4 nitrogen and oxygen atoms in total. The minimum absolute atomic E-state index is 0. The molecule has 0 radical (unpaired) electrons. The number of aromatic amines is 1. The van der Waals surface area contributed by atoms with Crippen molar-refractivity contribution in [3.8, 4) is 0 Å². The van der Waals surface area contributed by atoms with Gasteiger partial charge in [-0.1, -0.05) is 31.4 Å². The summed E-state index contributed by atoms with van der Waals surface area (Å²) in [5.41, 5.74) is 9.29. The Bertz CT molecular complexity index is 674. The number of aryl methyl sites for hydroxylation is 1. The van der Waals surface area contributed by atoms with E-state index in [1.807, 2.05) is 6.20 Å². The summed E-state index contributed by atoms with van der Waals surface area (Å²) in [6.07, 6.45) is 7.81. The van der Waals surface area contributed by atoms with Crippen LogP contribution in [0, 0.1) is 6.92 Å². The van der Waals surface area contributed by atoms with Crippen molar-refractivity contribution in [2.75, 3.05) is 6.54 Å². The molecule has 1 amide bonds. The van der Waals surface area contributed by atoms with E-state index < -0.39 is 5.54 Å². The number of carbonyl (C=O) groups excluding carboxylic acids is 1. The van der Waals surface area contributed by atoms with Gasteiger partial charge in [-0.05, 0) is 43.4 Å². The zero-order valence-electron chi connectivity index (χ0n) is 13.7. The van der Waals surface area contributed by atoms with Crippen LogP contribution in [0.25, 0.3) is 10.9 Å². The van der Waals surface area contributed by atoms with E-state index in [2.05, 4.69) is 35.4 Å². The van der Waals surface area contributed by atoms with Crippen molar-refractivity contribution in [1.29, 1.82) is 0 Å². The first-order valence-electron chi connectivity index (χ1n) is 8.23. The SMILES string of the molecule is Cc1cccc2[nH]cc(CCNC(=O)C3(N)CCCCC3)c12.Cl. The number of nitrogens with one attached hydrogen (secondary N) is 2. The van der Waals surface area contributed by atoms with Crippen LogP contribution in [0.15, 0.2) is 24.4 Å². The second-order valence-corrected chi connectivity index (χ2v) is 6.53. The Hall–Kier alpha value is -1.52. The van der Waals surface area contributed by atoms with Crippen LogP contribution >= 0.6 is 12.4 Å². The number of rotatable bonds is 4. The van der Waals surface area contributed by atoms with Gasteiger partial charge >= 0.3 is 0 Å². The Labute approximate surface area is 143 Å². The highest BCUT2D eigenvalue weighted by molar-refractivity contribution is 5.87. The minimum Gasteiger partial charge on any atom is -0.361 e. The third kappa shape index (κ3) is 3.70. The fraction of sp³-hybridized carbons (Fsp3) is 0.500. The fourth-order valence-corrected chi connectivity index (χ4v) is 3.54. The molecule has 1 aromatic heterocycles. The van der Waals surface area contributed by atoms with E-state index in [0.29, 0.717) is 6.54 Å². The molecule has 0 unspecified atom stereocenters. The maximum Gasteiger partial charge on any atom is 0.240 e. The predicted octanol–water partition coefficient (Wildman–Crippen LogP) is 3.22. The van der Waals surface area contributed by atoms with Gasteiger partial charge in [-0.2, -0.15) is 0 Å². The molecule has 126 valence electrons. The highest BCUT2D eigenvalue weighted by Crippen LogP contribution is 2.26. The van der Waals surface area contributed by atoms with Gasteiger partial charge in [0.2, 0.25) is 5.91 Å². The fourth-order valence-electron chi connectivity index (χ4n) is 3.54. The zero-order valence-corrected chi connectivity index (χ0v) is 14.5. The second-order valence-electron chi connectivity index (χ2n) is 6.53. The molecule has 1 saturated carbocycles. The third-order valence-corrected chi connectivity index (χ3v) is 4.87. The lowest BCUT2D eigenvalue weighted by molar-refractivity contribution is -0.127. The molecule has 3 rings (SSSR count). The number of benzene rings is 1. The van der Waals surface area contributed by atoms with Gasteiger partial charge in [0.05, 0.1) is 5.54 Å². The first-order chi connectivity index (χ1) is 10.6. The van der Waals surface area contributed by atoms with Gasteiger partial charge in [0.1, 0.15) is 0 Å². The van der Waals surface area contributed by atoms with E-state index in [4.69, 9.17) is 5.73 Å². The van der Waals surface area contributed by atoms with Gasteiger partial charge in [-0.15, -0.1) is 12.4 Å². The molecule has 4 N–H and O–H groups in total. The standard InChI is InChI=1S/C18H25N3O.ClH/c1-13-6-5-7-15-16(13)14(12-21-15)8-11-20-17(22)18(19)9-3-2-4-10-18;/h5-7,12,21H,2-4,8-11,19H2,1H3,(H,20,22);1H. The molecule has 1 heterocycles. The van der Waals surface area contributed by atoms with Crippen molar-refractivity contribution >= 4 is 29.2 Å². The van der Waals surface area contributed by atoms with E-state index in [9.17, 15) is 4.79 Å². The van der Waals surface area contributed by atoms with E-state index in [1.54, 1.807) is 0 Å². The first-order valence-corrected chi connectivity index (χ1v) is 8.23. The number of nitrogens with two attached hydrogens (primary N) is 1. The summed E-state index contributed by atoms with van der Waals surface area (Å²) in [5.74, 6) is 0.0174. The van der Waals surface area contributed by atoms with Crippen molar-refractivity contribution < 1.29 is 4.79 Å². The largest absolute Gasteiger partial charge is 0.361 e. The van der Waals surface area contributed by atoms with Gasteiger partial charge in [0.25, 0.3) is 0 Å². The summed E-state index contributed by atoms with van der Waals surface area (Å²) in [5, 5.41) is 4.31. The molecular formula is C18H26ClN3O. The van der Waals surface area contributed by atoms with E-state index >= 15 is 0 Å². The molecule has 0 saturated heterocycles. The molecule has 1 aromatic carbocycles. The lowest BCUT2D eigenvalue weighted by Crippen LogP contribution is -2.55. The topological polar surface area (TPSA) is 70.9 Å². The van der Waals surface area contributed by atoms with Crippen LogP contribution in [0.3, 0.4) is 0 Å². The number of carbonyl (C=O) groups is 1. The van der Waals surface area contributed by atoms with Gasteiger partial charge in [-0.25, -0.2) is 0 Å².